The van der Waals surface area contributed by atoms with Crippen LogP contribution < -0.4 is 10.6 Å². The van der Waals surface area contributed by atoms with E-state index in [0.717, 1.165) is 83.8 Å². The van der Waals surface area contributed by atoms with Crippen LogP contribution in [0.15, 0.2) is 48.8 Å². The van der Waals surface area contributed by atoms with E-state index in [1.165, 1.54) is 51.0 Å². The van der Waals surface area contributed by atoms with Crippen molar-refractivity contribution in [3.8, 4) is 33.6 Å². The molecular formula is C47H60N8O6. The Morgan fingerprint density at radius 2 is 1.20 bits per heavy atom. The lowest BCUT2D eigenvalue weighted by Crippen LogP contribution is -2.51. The van der Waals surface area contributed by atoms with Crippen molar-refractivity contribution in [3.05, 3.63) is 71.6 Å². The summed E-state index contributed by atoms with van der Waals surface area (Å²) in [4.78, 5) is 72.3. The van der Waals surface area contributed by atoms with Gasteiger partial charge < -0.3 is 39.9 Å². The fourth-order valence-corrected chi connectivity index (χ4v) is 10.3. The number of likely N-dealkylation sites (tertiary alicyclic amines) is 2. The molecule has 61 heavy (non-hydrogen) atoms. The second-order valence-corrected chi connectivity index (χ2v) is 18.3. The predicted octanol–water partition coefficient (Wildman–Crippen LogP) is 7.88. The van der Waals surface area contributed by atoms with Crippen LogP contribution in [0.5, 0.6) is 0 Å². The van der Waals surface area contributed by atoms with Gasteiger partial charge in [-0.05, 0) is 103 Å². The molecule has 1 spiro atoms. The summed E-state index contributed by atoms with van der Waals surface area (Å²) in [5, 5.41) is 5.47. The molecule has 2 saturated heterocycles. The highest BCUT2D eigenvalue weighted by atomic mass is 16.5. The molecule has 4 N–H and O–H groups in total. The SMILES string of the molecule is COC(=O)NC(C(=O)N1CCCC1c1ncc(-c2ccc(-c3cc4c(c(-c5cnc(C6CCCN6C(=O)C(NC(=O)OC)C(C)C)[nH]5)c3)CC3(CCCC3)C4)cc2)[nH]1)C(C)C. The Morgan fingerprint density at radius 1 is 0.689 bits per heavy atom. The van der Waals surface area contributed by atoms with Crippen LogP contribution in [0.2, 0.25) is 0 Å². The third-order valence-corrected chi connectivity index (χ3v) is 13.6. The molecule has 4 aromatic rings. The Hall–Kier alpha value is -5.66. The van der Waals surface area contributed by atoms with E-state index in [1.54, 1.807) is 0 Å². The number of rotatable bonds is 11. The number of benzene rings is 2. The van der Waals surface area contributed by atoms with Crippen LogP contribution in [-0.2, 0) is 31.9 Å². The van der Waals surface area contributed by atoms with E-state index in [-0.39, 0.29) is 35.7 Å². The first-order chi connectivity index (χ1) is 29.4. The molecular weight excluding hydrogens is 773 g/mol. The average Bonchev–Trinajstić information content (AvgIpc) is 4.12. The molecule has 2 aromatic carbocycles. The number of methoxy groups -OCH3 is 2. The average molecular weight is 833 g/mol. The van der Waals surface area contributed by atoms with E-state index >= 15 is 0 Å². The number of hydrogen-bond acceptors (Lipinski definition) is 8. The van der Waals surface area contributed by atoms with E-state index in [1.807, 2.05) is 49.9 Å². The van der Waals surface area contributed by atoms with Crippen LogP contribution in [-0.4, -0.2) is 93.1 Å². The number of H-pyrrole nitrogens is 2. The lowest BCUT2D eigenvalue weighted by Gasteiger charge is -2.30. The Labute approximate surface area is 358 Å². The summed E-state index contributed by atoms with van der Waals surface area (Å²) in [6.45, 7) is 8.87. The zero-order valence-corrected chi connectivity index (χ0v) is 36.3. The van der Waals surface area contributed by atoms with Crippen molar-refractivity contribution in [2.45, 2.75) is 116 Å². The number of carbonyl (C=O) groups excluding carboxylic acids is 4. The number of ether oxygens (including phenoxy) is 2. The molecule has 324 valence electrons. The van der Waals surface area contributed by atoms with Gasteiger partial charge >= 0.3 is 12.2 Å². The summed E-state index contributed by atoms with van der Waals surface area (Å²) in [5.74, 6) is 1.02. The summed E-state index contributed by atoms with van der Waals surface area (Å²) < 4.78 is 9.62. The van der Waals surface area contributed by atoms with Gasteiger partial charge in [-0.1, -0.05) is 70.9 Å². The lowest BCUT2D eigenvalue weighted by molar-refractivity contribution is -0.136. The summed E-state index contributed by atoms with van der Waals surface area (Å²) in [7, 11) is 2.61. The molecule has 0 radical (unpaired) electrons. The van der Waals surface area contributed by atoms with Crippen LogP contribution in [0.3, 0.4) is 0 Å². The number of hydrogen-bond donors (Lipinski definition) is 4. The van der Waals surface area contributed by atoms with Gasteiger partial charge in [-0.3, -0.25) is 9.59 Å². The minimum absolute atomic E-state index is 0.108. The number of carbonyl (C=O) groups is 4. The molecule has 1 saturated carbocycles. The molecule has 14 heteroatoms. The predicted molar refractivity (Wildman–Crippen MR) is 231 cm³/mol. The highest BCUT2D eigenvalue weighted by Crippen LogP contribution is 2.52. The fraction of sp³-hybridized carbons (Fsp3) is 0.532. The highest BCUT2D eigenvalue weighted by Gasteiger charge is 2.42. The molecule has 8 rings (SSSR count). The van der Waals surface area contributed by atoms with Gasteiger partial charge in [-0.15, -0.1) is 0 Å². The van der Waals surface area contributed by atoms with E-state index in [4.69, 9.17) is 19.4 Å². The van der Waals surface area contributed by atoms with Gasteiger partial charge in [0, 0.05) is 18.7 Å². The Kier molecular flexibility index (Phi) is 12.0. The number of nitrogens with zero attached hydrogens (tertiary/aromatic N) is 4. The van der Waals surface area contributed by atoms with E-state index in [2.05, 4.69) is 57.0 Å². The molecule has 4 unspecified atom stereocenters. The summed E-state index contributed by atoms with van der Waals surface area (Å²) in [5.41, 5.74) is 9.33. The van der Waals surface area contributed by atoms with Crippen molar-refractivity contribution in [2.75, 3.05) is 27.3 Å². The zero-order valence-electron chi connectivity index (χ0n) is 36.3. The van der Waals surface area contributed by atoms with Gasteiger partial charge in [0.2, 0.25) is 11.8 Å². The molecule has 4 amide bonds. The topological polar surface area (TPSA) is 175 Å². The second kappa shape index (κ2) is 17.4. The normalized spacial score (nSPS) is 20.3. The molecule has 2 aliphatic heterocycles. The zero-order chi connectivity index (χ0) is 43.0. The fourth-order valence-electron chi connectivity index (χ4n) is 10.3. The van der Waals surface area contributed by atoms with Crippen molar-refractivity contribution in [1.82, 2.24) is 40.4 Å². The number of nitrogens with one attached hydrogen (secondary N) is 4. The molecule has 2 aromatic heterocycles. The summed E-state index contributed by atoms with van der Waals surface area (Å²) in [6, 6.07) is 11.4. The van der Waals surface area contributed by atoms with Crippen molar-refractivity contribution in [1.29, 1.82) is 0 Å². The van der Waals surface area contributed by atoms with Gasteiger partial charge in [-0.25, -0.2) is 19.6 Å². The van der Waals surface area contributed by atoms with Crippen molar-refractivity contribution in [3.63, 3.8) is 0 Å². The maximum absolute atomic E-state index is 13.9. The third-order valence-electron chi connectivity index (χ3n) is 13.6. The molecule has 3 fully saturated rings. The Balaban J connectivity index is 1.04. The number of imidazole rings is 2. The maximum Gasteiger partial charge on any atom is 0.407 e. The number of aromatic amines is 2. The van der Waals surface area contributed by atoms with Crippen LogP contribution in [0, 0.1) is 17.3 Å². The quantitative estimate of drug-likeness (QED) is 0.118. The van der Waals surface area contributed by atoms with Crippen LogP contribution in [0.25, 0.3) is 33.6 Å². The first-order valence-corrected chi connectivity index (χ1v) is 22.1. The van der Waals surface area contributed by atoms with Gasteiger partial charge in [0.15, 0.2) is 0 Å². The van der Waals surface area contributed by atoms with Crippen LogP contribution in [0.1, 0.15) is 114 Å². The summed E-state index contributed by atoms with van der Waals surface area (Å²) in [6.07, 6.45) is 13.0. The van der Waals surface area contributed by atoms with E-state index in [9.17, 15) is 19.2 Å². The van der Waals surface area contributed by atoms with Crippen molar-refractivity contribution < 1.29 is 28.7 Å². The van der Waals surface area contributed by atoms with E-state index in [0.29, 0.717) is 18.5 Å². The van der Waals surface area contributed by atoms with Gasteiger partial charge in [0.1, 0.15) is 23.7 Å². The second-order valence-electron chi connectivity index (χ2n) is 18.3. The van der Waals surface area contributed by atoms with Gasteiger partial charge in [-0.2, -0.15) is 0 Å². The van der Waals surface area contributed by atoms with Crippen LogP contribution in [0.4, 0.5) is 9.59 Å². The number of amides is 4. The standard InChI is InChI=1S/C47H60N8O6/c1-27(2)39(52-45(58)60-5)43(56)54-19-9-11-37(54)41-48-25-35(50-41)30-15-13-29(14-16-30)31-21-32-23-47(17-7-8-18-47)24-34(32)33(22-31)36-26-49-42(51-36)38-12-10-20-55(38)44(57)40(28(3)4)53-46(59)61-6/h13-16,21-22,25-28,37-40H,7-12,17-20,23-24H2,1-6H3,(H,48,50)(H,49,51)(H,52,58)(H,53,59). The molecule has 14 nitrogen and oxygen atoms in total. The first-order valence-electron chi connectivity index (χ1n) is 22.1. The monoisotopic (exact) mass is 832 g/mol. The minimum Gasteiger partial charge on any atom is -0.453 e. The first kappa shape index (κ1) is 42.0. The number of alkyl carbamates (subject to hydrolysis) is 2. The molecule has 4 aliphatic rings. The molecule has 4 heterocycles. The smallest absolute Gasteiger partial charge is 0.407 e. The third kappa shape index (κ3) is 8.37. The van der Waals surface area contributed by atoms with Crippen LogP contribution >= 0.6 is 0 Å². The van der Waals surface area contributed by atoms with Gasteiger partial charge in [0.05, 0.1) is 50.1 Å². The highest BCUT2D eigenvalue weighted by molar-refractivity contribution is 5.87. The number of fused-ring (bicyclic) bond motifs is 1. The van der Waals surface area contributed by atoms with Gasteiger partial charge in [0.25, 0.3) is 0 Å². The Bertz CT molecular complexity index is 2260. The Morgan fingerprint density at radius 3 is 1.72 bits per heavy atom. The maximum atomic E-state index is 13.9. The van der Waals surface area contributed by atoms with Crippen molar-refractivity contribution >= 4 is 24.0 Å². The number of aromatic nitrogens is 4. The van der Waals surface area contributed by atoms with E-state index < -0.39 is 24.3 Å². The molecule has 4 atom stereocenters. The summed E-state index contributed by atoms with van der Waals surface area (Å²) >= 11 is 0. The molecule has 2 aliphatic carbocycles. The molecule has 0 bridgehead atoms. The minimum atomic E-state index is -0.694. The van der Waals surface area contributed by atoms with Crippen molar-refractivity contribution in [2.24, 2.45) is 17.3 Å². The lowest BCUT2D eigenvalue weighted by atomic mass is 9.83. The largest absolute Gasteiger partial charge is 0.453 e.